The molecule has 55 heavy (non-hydrogen) atoms. The average molecular weight is 714 g/mol. The Labute approximate surface area is 328 Å². The van der Waals surface area contributed by atoms with E-state index < -0.39 is 5.41 Å². The van der Waals surface area contributed by atoms with Crippen molar-refractivity contribution in [1.82, 2.24) is 0 Å². The molecule has 9 rings (SSSR count). The summed E-state index contributed by atoms with van der Waals surface area (Å²) >= 11 is 0. The fraction of sp³-hybridized carbons (Fsp3) is 0.222. The van der Waals surface area contributed by atoms with Crippen molar-refractivity contribution in [3.63, 3.8) is 0 Å². The van der Waals surface area contributed by atoms with Crippen LogP contribution in [0.3, 0.4) is 0 Å². The fourth-order valence-corrected chi connectivity index (χ4v) is 9.65. The zero-order valence-corrected chi connectivity index (χ0v) is 33.5. The third-order valence-electron chi connectivity index (χ3n) is 12.4. The van der Waals surface area contributed by atoms with Crippen molar-refractivity contribution in [2.45, 2.75) is 77.0 Å². The standard InChI is InChI=1S/C54H51N/c1-51(2,3)37-32-46(52(4,5)6)50-47(33-37)53(7,8)44-28-19-26-42(49(44)50)41-25-16-18-29-48(41)55-38-30-31-40-39-24-15-17-27-43(39)54(45(40)34-38,35-20-11-9-12-21-35)36-22-13-10-14-23-36/h9-34,55H,1-8H3. The summed E-state index contributed by atoms with van der Waals surface area (Å²) in [4.78, 5) is 0. The van der Waals surface area contributed by atoms with Crippen LogP contribution in [0.1, 0.15) is 99.9 Å². The summed E-state index contributed by atoms with van der Waals surface area (Å²) in [6.45, 7) is 19.0. The monoisotopic (exact) mass is 713 g/mol. The van der Waals surface area contributed by atoms with Gasteiger partial charge in [0.05, 0.1) is 5.41 Å². The molecule has 0 spiro atoms. The Morgan fingerprint density at radius 3 is 1.64 bits per heavy atom. The van der Waals surface area contributed by atoms with Crippen molar-refractivity contribution >= 4 is 11.4 Å². The Morgan fingerprint density at radius 2 is 0.982 bits per heavy atom. The lowest BCUT2D eigenvalue weighted by Gasteiger charge is -2.34. The third-order valence-corrected chi connectivity index (χ3v) is 12.4. The Bertz CT molecular complexity index is 2550. The minimum atomic E-state index is -0.448. The maximum atomic E-state index is 3.98. The van der Waals surface area contributed by atoms with Gasteiger partial charge >= 0.3 is 0 Å². The summed E-state index contributed by atoms with van der Waals surface area (Å²) in [5, 5.41) is 3.98. The molecule has 1 N–H and O–H groups in total. The number of para-hydroxylation sites is 1. The molecule has 0 atom stereocenters. The summed E-state index contributed by atoms with van der Waals surface area (Å²) < 4.78 is 0. The van der Waals surface area contributed by atoms with Crippen LogP contribution in [0.25, 0.3) is 33.4 Å². The minimum absolute atomic E-state index is 0.0279. The Kier molecular flexibility index (Phi) is 7.93. The minimum Gasteiger partial charge on any atom is -0.355 e. The van der Waals surface area contributed by atoms with Gasteiger partial charge in [-0.1, -0.05) is 195 Å². The van der Waals surface area contributed by atoms with Crippen LogP contribution >= 0.6 is 0 Å². The molecule has 0 heterocycles. The van der Waals surface area contributed by atoms with Gasteiger partial charge in [0.2, 0.25) is 0 Å². The Hall–Kier alpha value is -5.66. The van der Waals surface area contributed by atoms with Gasteiger partial charge in [0.15, 0.2) is 0 Å². The lowest BCUT2D eigenvalue weighted by atomic mass is 9.67. The van der Waals surface area contributed by atoms with E-state index in [0.717, 1.165) is 11.4 Å². The smallest absolute Gasteiger partial charge is 0.0714 e. The topological polar surface area (TPSA) is 12.0 Å². The molecule has 0 aromatic heterocycles. The van der Waals surface area contributed by atoms with E-state index in [2.05, 4.69) is 218 Å². The lowest BCUT2D eigenvalue weighted by molar-refractivity contribution is 0.564. The number of nitrogens with one attached hydrogen (secondary N) is 1. The molecular formula is C54H51N. The van der Waals surface area contributed by atoms with Crippen LogP contribution in [0.2, 0.25) is 0 Å². The summed E-state index contributed by atoms with van der Waals surface area (Å²) in [5.74, 6) is 0. The molecule has 2 aliphatic rings. The first-order chi connectivity index (χ1) is 26.3. The van der Waals surface area contributed by atoms with Gasteiger partial charge in [0, 0.05) is 22.4 Å². The van der Waals surface area contributed by atoms with Crippen molar-refractivity contribution in [2.75, 3.05) is 5.32 Å². The van der Waals surface area contributed by atoms with Gasteiger partial charge < -0.3 is 5.32 Å². The molecule has 0 radical (unpaired) electrons. The molecule has 0 aliphatic heterocycles. The molecule has 7 aromatic carbocycles. The number of hydrogen-bond donors (Lipinski definition) is 1. The van der Waals surface area contributed by atoms with E-state index in [1.54, 1.807) is 0 Å². The lowest BCUT2D eigenvalue weighted by Crippen LogP contribution is -2.28. The third kappa shape index (κ3) is 5.35. The summed E-state index contributed by atoms with van der Waals surface area (Å²) in [5.41, 5.74) is 20.3. The van der Waals surface area contributed by atoms with Crippen molar-refractivity contribution in [1.29, 1.82) is 0 Å². The fourth-order valence-electron chi connectivity index (χ4n) is 9.65. The van der Waals surface area contributed by atoms with E-state index in [-0.39, 0.29) is 16.2 Å². The first kappa shape index (κ1) is 35.1. The maximum Gasteiger partial charge on any atom is 0.0714 e. The van der Waals surface area contributed by atoms with Crippen molar-refractivity contribution < 1.29 is 0 Å². The maximum absolute atomic E-state index is 3.98. The summed E-state index contributed by atoms with van der Waals surface area (Å²) in [6, 6.07) is 58.9. The number of rotatable bonds is 5. The second-order valence-electron chi connectivity index (χ2n) is 18.3. The van der Waals surface area contributed by atoms with E-state index in [9.17, 15) is 0 Å². The van der Waals surface area contributed by atoms with Gasteiger partial charge in [0.25, 0.3) is 0 Å². The number of benzene rings is 7. The first-order valence-corrected chi connectivity index (χ1v) is 19.9. The number of hydrogen-bond acceptors (Lipinski definition) is 1. The average Bonchev–Trinajstić information content (AvgIpc) is 3.60. The first-order valence-electron chi connectivity index (χ1n) is 19.9. The van der Waals surface area contributed by atoms with Gasteiger partial charge in [-0.15, -0.1) is 0 Å². The summed E-state index contributed by atoms with van der Waals surface area (Å²) in [6.07, 6.45) is 0. The quantitative estimate of drug-likeness (QED) is 0.187. The zero-order valence-electron chi connectivity index (χ0n) is 33.5. The molecule has 0 fully saturated rings. The van der Waals surface area contributed by atoms with Gasteiger partial charge in [-0.25, -0.2) is 0 Å². The van der Waals surface area contributed by atoms with Crippen LogP contribution in [0.5, 0.6) is 0 Å². The molecule has 0 bridgehead atoms. The molecule has 0 saturated heterocycles. The number of anilines is 2. The highest BCUT2D eigenvalue weighted by Gasteiger charge is 2.46. The molecule has 272 valence electrons. The van der Waals surface area contributed by atoms with E-state index in [0.29, 0.717) is 0 Å². The predicted octanol–water partition coefficient (Wildman–Crippen LogP) is 14.4. The van der Waals surface area contributed by atoms with Crippen molar-refractivity contribution in [3.05, 3.63) is 202 Å². The normalized spacial score (nSPS) is 14.8. The van der Waals surface area contributed by atoms with Crippen LogP contribution in [0.15, 0.2) is 158 Å². The van der Waals surface area contributed by atoms with Crippen LogP contribution < -0.4 is 5.32 Å². The highest BCUT2D eigenvalue weighted by molar-refractivity contribution is 5.98. The second kappa shape index (κ2) is 12.4. The highest BCUT2D eigenvalue weighted by Crippen LogP contribution is 2.58. The number of fused-ring (bicyclic) bond motifs is 6. The Balaban J connectivity index is 1.23. The van der Waals surface area contributed by atoms with E-state index in [1.165, 1.54) is 77.9 Å². The molecular weight excluding hydrogens is 663 g/mol. The van der Waals surface area contributed by atoms with Gasteiger partial charge in [-0.3, -0.25) is 0 Å². The second-order valence-corrected chi connectivity index (χ2v) is 18.3. The largest absolute Gasteiger partial charge is 0.355 e. The molecule has 1 nitrogen and oxygen atoms in total. The van der Waals surface area contributed by atoms with Gasteiger partial charge in [-0.05, 0) is 101 Å². The molecule has 2 aliphatic carbocycles. The van der Waals surface area contributed by atoms with Crippen LogP contribution in [-0.2, 0) is 21.7 Å². The molecule has 7 aromatic rings. The SMILES string of the molecule is CC(C)(C)c1cc(C(C)(C)C)c2c(c1)C(C)(C)c1cccc(-c3ccccc3Nc3ccc4c(c3)C(c3ccccc3)(c3ccccc3)c3ccccc3-4)c1-2. The van der Waals surface area contributed by atoms with E-state index in [4.69, 9.17) is 0 Å². The van der Waals surface area contributed by atoms with Crippen LogP contribution in [0, 0.1) is 0 Å². The molecule has 0 amide bonds. The zero-order chi connectivity index (χ0) is 38.3. The van der Waals surface area contributed by atoms with E-state index in [1.807, 2.05) is 0 Å². The van der Waals surface area contributed by atoms with Crippen molar-refractivity contribution in [2.24, 2.45) is 0 Å². The highest BCUT2D eigenvalue weighted by atomic mass is 14.9. The van der Waals surface area contributed by atoms with Crippen LogP contribution in [-0.4, -0.2) is 0 Å². The molecule has 1 heteroatoms. The molecule has 0 unspecified atom stereocenters. The van der Waals surface area contributed by atoms with Crippen LogP contribution in [0.4, 0.5) is 11.4 Å². The molecule has 0 saturated carbocycles. The van der Waals surface area contributed by atoms with Crippen molar-refractivity contribution in [3.8, 4) is 33.4 Å². The Morgan fingerprint density at radius 1 is 0.418 bits per heavy atom. The van der Waals surface area contributed by atoms with Gasteiger partial charge in [-0.2, -0.15) is 0 Å². The summed E-state index contributed by atoms with van der Waals surface area (Å²) in [7, 11) is 0. The predicted molar refractivity (Wildman–Crippen MR) is 234 cm³/mol. The van der Waals surface area contributed by atoms with Gasteiger partial charge in [0.1, 0.15) is 0 Å². The van der Waals surface area contributed by atoms with E-state index >= 15 is 0 Å².